The summed E-state index contributed by atoms with van der Waals surface area (Å²) in [5.41, 5.74) is -0.190. The van der Waals surface area contributed by atoms with Crippen molar-refractivity contribution in [1.29, 1.82) is 0 Å². The molecule has 2 heterocycles. The number of nitrogens with zero attached hydrogens (tertiary/aromatic N) is 2. The van der Waals surface area contributed by atoms with Crippen LogP contribution in [0.5, 0.6) is 0 Å². The second-order valence-corrected chi connectivity index (χ2v) is 3.66. The van der Waals surface area contributed by atoms with Crippen molar-refractivity contribution in [1.82, 2.24) is 20.4 Å². The molecule has 1 aliphatic heterocycles. The van der Waals surface area contributed by atoms with E-state index in [1.54, 1.807) is 0 Å². The van der Waals surface area contributed by atoms with Crippen LogP contribution in [0.4, 0.5) is 10.6 Å². The maximum atomic E-state index is 11.6. The number of imide groups is 1. The minimum Gasteiger partial charge on any atom is -0.477 e. The number of carbonyl (C=O) groups is 4. The second kappa shape index (κ2) is 4.76. The van der Waals surface area contributed by atoms with E-state index in [0.717, 1.165) is 11.0 Å². The van der Waals surface area contributed by atoms with Gasteiger partial charge in [-0.3, -0.25) is 19.6 Å². The largest absolute Gasteiger partial charge is 0.477 e. The quantitative estimate of drug-likeness (QED) is 0.493. The Balaban J connectivity index is 1.95. The Bertz CT molecular complexity index is 549. The Morgan fingerprint density at radius 2 is 2.21 bits per heavy atom. The first-order valence-corrected chi connectivity index (χ1v) is 5.14. The van der Waals surface area contributed by atoms with E-state index in [2.05, 4.69) is 20.8 Å². The third-order valence-corrected chi connectivity index (χ3v) is 2.31. The number of carboxylic acid groups (broad SMARTS) is 1. The molecule has 1 aliphatic rings. The van der Waals surface area contributed by atoms with Gasteiger partial charge in [0.15, 0.2) is 5.82 Å². The van der Waals surface area contributed by atoms with Crippen LogP contribution >= 0.6 is 0 Å². The number of urea groups is 1. The highest BCUT2D eigenvalue weighted by Crippen LogP contribution is 2.06. The van der Waals surface area contributed by atoms with Crippen molar-refractivity contribution in [3.05, 3.63) is 11.8 Å². The first kappa shape index (κ1) is 12.5. The molecule has 1 saturated heterocycles. The fourth-order valence-electron chi connectivity index (χ4n) is 1.44. The third-order valence-electron chi connectivity index (χ3n) is 2.31. The van der Waals surface area contributed by atoms with E-state index in [-0.39, 0.29) is 18.1 Å². The van der Waals surface area contributed by atoms with Gasteiger partial charge in [0.1, 0.15) is 12.2 Å². The molecule has 4 amide bonds. The van der Waals surface area contributed by atoms with Gasteiger partial charge < -0.3 is 15.7 Å². The van der Waals surface area contributed by atoms with Gasteiger partial charge in [0.25, 0.3) is 5.91 Å². The average Bonchev–Trinajstić information content (AvgIpc) is 2.91. The third kappa shape index (κ3) is 2.68. The summed E-state index contributed by atoms with van der Waals surface area (Å²) in [6, 6.07) is 0.472. The summed E-state index contributed by atoms with van der Waals surface area (Å²) in [5, 5.41) is 18.9. The summed E-state index contributed by atoms with van der Waals surface area (Å²) in [6.07, 6.45) is 0. The minimum absolute atomic E-state index is 0.00514. The maximum Gasteiger partial charge on any atom is 0.353 e. The Morgan fingerprint density at radius 1 is 1.47 bits per heavy atom. The van der Waals surface area contributed by atoms with Crippen molar-refractivity contribution in [2.45, 2.75) is 0 Å². The number of anilines is 1. The smallest absolute Gasteiger partial charge is 0.353 e. The van der Waals surface area contributed by atoms with Crippen LogP contribution in [0.2, 0.25) is 0 Å². The topological polar surface area (TPSA) is 144 Å². The molecule has 2 rings (SSSR count). The fourth-order valence-corrected chi connectivity index (χ4v) is 1.44. The number of aromatic amines is 1. The van der Waals surface area contributed by atoms with E-state index in [4.69, 9.17) is 5.11 Å². The molecule has 0 unspecified atom stereocenters. The van der Waals surface area contributed by atoms with E-state index >= 15 is 0 Å². The molecular weight excluding hydrogens is 258 g/mol. The van der Waals surface area contributed by atoms with Gasteiger partial charge in [-0.1, -0.05) is 0 Å². The first-order valence-electron chi connectivity index (χ1n) is 5.14. The molecule has 0 atom stereocenters. The first-order chi connectivity index (χ1) is 8.97. The lowest BCUT2D eigenvalue weighted by atomic mass is 10.4. The number of H-pyrrole nitrogens is 1. The number of rotatable bonds is 4. The summed E-state index contributed by atoms with van der Waals surface area (Å²) < 4.78 is 0. The maximum absolute atomic E-state index is 11.6. The lowest BCUT2D eigenvalue weighted by Gasteiger charge is -2.10. The van der Waals surface area contributed by atoms with Crippen molar-refractivity contribution in [3.63, 3.8) is 0 Å². The SMILES string of the molecule is O=C(CN1C(=O)CNC1=O)Nc1cc(C(=O)O)[nH]n1. The van der Waals surface area contributed by atoms with Gasteiger partial charge in [-0.15, -0.1) is 0 Å². The summed E-state index contributed by atoms with van der Waals surface area (Å²) >= 11 is 0. The highest BCUT2D eigenvalue weighted by molar-refractivity contribution is 6.06. The molecule has 0 radical (unpaired) electrons. The summed E-state index contributed by atoms with van der Waals surface area (Å²) in [5.74, 6) is -2.39. The lowest BCUT2D eigenvalue weighted by molar-refractivity contribution is -0.128. The number of aromatic carboxylic acids is 1. The molecule has 10 nitrogen and oxygen atoms in total. The number of hydrogen-bond acceptors (Lipinski definition) is 5. The van der Waals surface area contributed by atoms with Crippen molar-refractivity contribution in [3.8, 4) is 0 Å². The Kier molecular flexibility index (Phi) is 3.14. The number of nitrogens with one attached hydrogen (secondary N) is 3. The van der Waals surface area contributed by atoms with Crippen molar-refractivity contribution < 1.29 is 24.3 Å². The van der Waals surface area contributed by atoms with E-state index < -0.39 is 30.4 Å². The van der Waals surface area contributed by atoms with Crippen molar-refractivity contribution in [2.75, 3.05) is 18.4 Å². The average molecular weight is 267 g/mol. The zero-order chi connectivity index (χ0) is 14.0. The molecule has 1 aromatic rings. The van der Waals surface area contributed by atoms with Crippen molar-refractivity contribution in [2.24, 2.45) is 0 Å². The van der Waals surface area contributed by atoms with Crippen LogP contribution in [0, 0.1) is 0 Å². The zero-order valence-corrected chi connectivity index (χ0v) is 9.47. The van der Waals surface area contributed by atoms with Crippen molar-refractivity contribution >= 4 is 29.6 Å². The molecule has 0 aliphatic carbocycles. The van der Waals surface area contributed by atoms with E-state index in [1.807, 2.05) is 0 Å². The summed E-state index contributed by atoms with van der Waals surface area (Å²) in [6.45, 7) is -0.600. The van der Waals surface area contributed by atoms with Gasteiger partial charge in [-0.2, -0.15) is 5.10 Å². The summed E-state index contributed by atoms with van der Waals surface area (Å²) in [7, 11) is 0. The molecule has 0 spiro atoms. The van der Waals surface area contributed by atoms with Gasteiger partial charge in [0, 0.05) is 6.07 Å². The molecule has 1 aromatic heterocycles. The number of hydrogen-bond donors (Lipinski definition) is 4. The molecule has 4 N–H and O–H groups in total. The number of carboxylic acids is 1. The molecule has 1 fully saturated rings. The Morgan fingerprint density at radius 3 is 2.74 bits per heavy atom. The Hall–Kier alpha value is -2.91. The molecule has 0 bridgehead atoms. The van der Waals surface area contributed by atoms with Crippen LogP contribution in [-0.2, 0) is 9.59 Å². The Labute approximate surface area is 105 Å². The van der Waals surface area contributed by atoms with Crippen LogP contribution in [-0.4, -0.2) is 57.1 Å². The predicted molar refractivity (Wildman–Crippen MR) is 59.3 cm³/mol. The highest BCUT2D eigenvalue weighted by Gasteiger charge is 2.30. The van der Waals surface area contributed by atoms with Crippen LogP contribution < -0.4 is 10.6 Å². The molecule has 10 heteroatoms. The highest BCUT2D eigenvalue weighted by atomic mass is 16.4. The van der Waals surface area contributed by atoms with Gasteiger partial charge in [0.2, 0.25) is 5.91 Å². The number of amides is 4. The van der Waals surface area contributed by atoms with Crippen LogP contribution in [0.3, 0.4) is 0 Å². The molecular formula is C9H9N5O5. The van der Waals surface area contributed by atoms with E-state index in [0.29, 0.717) is 0 Å². The van der Waals surface area contributed by atoms with Crippen LogP contribution in [0.1, 0.15) is 10.5 Å². The standard InChI is InChI=1S/C9H9N5O5/c15-6(3-14-7(16)2-10-9(14)19)11-5-1-4(8(17)18)12-13-5/h1H,2-3H2,(H,10,19)(H,17,18)(H2,11,12,13,15). The van der Waals surface area contributed by atoms with Crippen LogP contribution in [0.25, 0.3) is 0 Å². The van der Waals surface area contributed by atoms with E-state index in [9.17, 15) is 19.2 Å². The molecule has 0 aromatic carbocycles. The van der Waals surface area contributed by atoms with Crippen LogP contribution in [0.15, 0.2) is 6.07 Å². The van der Waals surface area contributed by atoms with Gasteiger partial charge in [0.05, 0.1) is 6.54 Å². The summed E-state index contributed by atoms with van der Waals surface area (Å²) in [4.78, 5) is 45.3. The number of aromatic nitrogens is 2. The van der Waals surface area contributed by atoms with E-state index in [1.165, 1.54) is 0 Å². The molecule has 0 saturated carbocycles. The van der Waals surface area contributed by atoms with Gasteiger partial charge in [-0.05, 0) is 0 Å². The molecule has 19 heavy (non-hydrogen) atoms. The monoisotopic (exact) mass is 267 g/mol. The zero-order valence-electron chi connectivity index (χ0n) is 9.47. The minimum atomic E-state index is -1.22. The normalized spacial score (nSPS) is 14.4. The van der Waals surface area contributed by atoms with Gasteiger partial charge >= 0.3 is 12.0 Å². The lowest BCUT2D eigenvalue weighted by Crippen LogP contribution is -2.38. The van der Waals surface area contributed by atoms with Gasteiger partial charge in [-0.25, -0.2) is 9.59 Å². The fraction of sp³-hybridized carbons (Fsp3) is 0.222. The number of carbonyl (C=O) groups excluding carboxylic acids is 3. The second-order valence-electron chi connectivity index (χ2n) is 3.66. The predicted octanol–water partition coefficient (Wildman–Crippen LogP) is -1.40. The molecule has 100 valence electrons.